The first kappa shape index (κ1) is 14.4. The quantitative estimate of drug-likeness (QED) is 0.419. The molecule has 0 saturated carbocycles. The van der Waals surface area contributed by atoms with Crippen molar-refractivity contribution in [3.8, 4) is 11.5 Å². The SMILES string of the molecule is CNCC(O)c1ccc(O)c(O)c1.[KH]. The summed E-state index contributed by atoms with van der Waals surface area (Å²) in [5, 5.41) is 30.4. The normalized spacial score (nSPS) is 11.9. The number of phenols is 2. The van der Waals surface area contributed by atoms with Gasteiger partial charge in [0.15, 0.2) is 11.5 Å². The molecule has 0 aromatic heterocycles. The summed E-state index contributed by atoms with van der Waals surface area (Å²) in [5.41, 5.74) is 0.574. The van der Waals surface area contributed by atoms with E-state index in [0.29, 0.717) is 12.1 Å². The van der Waals surface area contributed by atoms with Crippen molar-refractivity contribution in [1.29, 1.82) is 0 Å². The monoisotopic (exact) mass is 223 g/mol. The molecule has 5 heteroatoms. The zero-order valence-corrected chi connectivity index (χ0v) is 7.36. The predicted octanol–water partition coefficient (Wildman–Crippen LogP) is -0.298. The van der Waals surface area contributed by atoms with Crippen molar-refractivity contribution >= 4 is 51.4 Å². The van der Waals surface area contributed by atoms with E-state index in [0.717, 1.165) is 0 Å². The fourth-order valence-corrected chi connectivity index (χ4v) is 1.06. The fourth-order valence-electron chi connectivity index (χ4n) is 1.06. The van der Waals surface area contributed by atoms with Crippen LogP contribution in [0.5, 0.6) is 11.5 Å². The molecule has 0 aliphatic heterocycles. The zero-order valence-electron chi connectivity index (χ0n) is 7.36. The molecule has 1 aromatic rings. The Morgan fingerprint density at radius 2 is 1.93 bits per heavy atom. The van der Waals surface area contributed by atoms with E-state index in [2.05, 4.69) is 5.32 Å². The van der Waals surface area contributed by atoms with Gasteiger partial charge in [-0.05, 0) is 24.7 Å². The topological polar surface area (TPSA) is 72.7 Å². The number of hydrogen-bond donors (Lipinski definition) is 4. The average molecular weight is 223 g/mol. The number of aliphatic hydroxyl groups is 1. The van der Waals surface area contributed by atoms with Gasteiger partial charge in [-0.1, -0.05) is 6.07 Å². The average Bonchev–Trinajstić information content (AvgIpc) is 2.10. The van der Waals surface area contributed by atoms with Crippen LogP contribution in [0.15, 0.2) is 18.2 Å². The van der Waals surface area contributed by atoms with Gasteiger partial charge in [0.2, 0.25) is 0 Å². The molecular formula is C9H14KNO3. The van der Waals surface area contributed by atoms with Gasteiger partial charge in [0.25, 0.3) is 0 Å². The zero-order chi connectivity index (χ0) is 9.84. The molecule has 0 saturated heterocycles. The van der Waals surface area contributed by atoms with Crippen molar-refractivity contribution in [3.05, 3.63) is 23.8 Å². The third kappa shape index (κ3) is 3.86. The molecule has 0 heterocycles. The van der Waals surface area contributed by atoms with Crippen molar-refractivity contribution in [2.45, 2.75) is 6.10 Å². The Morgan fingerprint density at radius 1 is 1.29 bits per heavy atom. The van der Waals surface area contributed by atoms with Crippen LogP contribution in [0.2, 0.25) is 0 Å². The van der Waals surface area contributed by atoms with Gasteiger partial charge in [-0.2, -0.15) is 0 Å². The molecule has 0 amide bonds. The van der Waals surface area contributed by atoms with Crippen LogP contribution >= 0.6 is 0 Å². The third-order valence-electron chi connectivity index (χ3n) is 1.78. The molecule has 1 rings (SSSR count). The molecular weight excluding hydrogens is 209 g/mol. The van der Waals surface area contributed by atoms with Gasteiger partial charge in [-0.25, -0.2) is 0 Å². The van der Waals surface area contributed by atoms with Crippen molar-refractivity contribution in [2.75, 3.05) is 13.6 Å². The number of likely N-dealkylation sites (N-methyl/N-ethyl adjacent to an activating group) is 1. The van der Waals surface area contributed by atoms with Crippen LogP contribution < -0.4 is 5.32 Å². The van der Waals surface area contributed by atoms with E-state index in [4.69, 9.17) is 10.2 Å². The van der Waals surface area contributed by atoms with Gasteiger partial charge in [0, 0.05) is 6.54 Å². The van der Waals surface area contributed by atoms with E-state index in [9.17, 15) is 5.11 Å². The Morgan fingerprint density at radius 3 is 2.43 bits per heavy atom. The minimum atomic E-state index is -0.670. The van der Waals surface area contributed by atoms with Gasteiger partial charge in [-0.15, -0.1) is 0 Å². The molecule has 0 radical (unpaired) electrons. The Balaban J connectivity index is 0.00000169. The number of benzene rings is 1. The second kappa shape index (κ2) is 6.79. The van der Waals surface area contributed by atoms with E-state index >= 15 is 0 Å². The molecule has 1 atom stereocenters. The standard InChI is InChI=1S/C9H13NO3.K.H/c1-10-5-9(13)6-2-3-7(11)8(12)4-6;;/h2-4,9-13H,5H2,1H3;;. The molecule has 0 fully saturated rings. The first-order valence-corrected chi connectivity index (χ1v) is 3.99. The number of aliphatic hydroxyl groups excluding tert-OH is 1. The van der Waals surface area contributed by atoms with Crippen LogP contribution in [0.25, 0.3) is 0 Å². The first-order valence-electron chi connectivity index (χ1n) is 3.99. The second-order valence-corrected chi connectivity index (χ2v) is 2.82. The molecule has 4 N–H and O–H groups in total. The second-order valence-electron chi connectivity index (χ2n) is 2.82. The Hall–Kier alpha value is 0.376. The van der Waals surface area contributed by atoms with E-state index in [-0.39, 0.29) is 62.9 Å². The van der Waals surface area contributed by atoms with Crippen LogP contribution in [-0.2, 0) is 0 Å². The molecule has 0 bridgehead atoms. The molecule has 4 nitrogen and oxygen atoms in total. The molecule has 1 unspecified atom stereocenters. The van der Waals surface area contributed by atoms with E-state index < -0.39 is 6.10 Å². The maximum absolute atomic E-state index is 9.48. The fraction of sp³-hybridized carbons (Fsp3) is 0.333. The van der Waals surface area contributed by atoms with Gasteiger partial charge in [-0.3, -0.25) is 0 Å². The van der Waals surface area contributed by atoms with Crippen LogP contribution in [0.3, 0.4) is 0 Å². The number of nitrogens with one attached hydrogen (secondary N) is 1. The summed E-state index contributed by atoms with van der Waals surface area (Å²) >= 11 is 0. The van der Waals surface area contributed by atoms with Crippen molar-refractivity contribution in [1.82, 2.24) is 5.32 Å². The van der Waals surface area contributed by atoms with Crippen LogP contribution in [-0.4, -0.2) is 80.3 Å². The van der Waals surface area contributed by atoms with Crippen LogP contribution in [0.4, 0.5) is 0 Å². The van der Waals surface area contributed by atoms with E-state index in [1.807, 2.05) is 0 Å². The summed E-state index contributed by atoms with van der Waals surface area (Å²) in [5.74, 6) is -0.395. The summed E-state index contributed by atoms with van der Waals surface area (Å²) in [6, 6.07) is 4.26. The molecule has 0 aliphatic carbocycles. The summed E-state index contributed by atoms with van der Waals surface area (Å²) < 4.78 is 0. The Kier molecular flexibility index (Phi) is 6.97. The predicted molar refractivity (Wildman–Crippen MR) is 55.8 cm³/mol. The van der Waals surface area contributed by atoms with Crippen LogP contribution in [0, 0.1) is 0 Å². The molecule has 0 aliphatic rings. The van der Waals surface area contributed by atoms with E-state index in [1.54, 1.807) is 13.1 Å². The Bertz CT molecular complexity index is 293. The summed E-state index contributed by atoms with van der Waals surface area (Å²) in [4.78, 5) is 0. The van der Waals surface area contributed by atoms with Gasteiger partial charge in [0.1, 0.15) is 0 Å². The van der Waals surface area contributed by atoms with Crippen LogP contribution in [0.1, 0.15) is 11.7 Å². The van der Waals surface area contributed by atoms with Crippen molar-refractivity contribution in [3.63, 3.8) is 0 Å². The molecule has 14 heavy (non-hydrogen) atoms. The number of rotatable bonds is 3. The number of aromatic hydroxyl groups is 2. The summed E-state index contributed by atoms with van der Waals surface area (Å²) in [6.45, 7) is 0.407. The van der Waals surface area contributed by atoms with Crippen molar-refractivity contribution in [2.24, 2.45) is 0 Å². The number of phenolic OH excluding ortho intramolecular Hbond substituents is 2. The maximum atomic E-state index is 9.48. The first-order chi connectivity index (χ1) is 6.15. The van der Waals surface area contributed by atoms with Crippen molar-refractivity contribution < 1.29 is 15.3 Å². The van der Waals surface area contributed by atoms with Gasteiger partial charge < -0.3 is 20.6 Å². The molecule has 74 valence electrons. The summed E-state index contributed by atoms with van der Waals surface area (Å²) in [7, 11) is 1.73. The molecule has 1 aromatic carbocycles. The number of hydrogen-bond acceptors (Lipinski definition) is 4. The summed E-state index contributed by atoms with van der Waals surface area (Å²) in [6.07, 6.45) is -0.670. The van der Waals surface area contributed by atoms with Gasteiger partial charge >= 0.3 is 51.4 Å². The third-order valence-corrected chi connectivity index (χ3v) is 1.78. The minimum absolute atomic E-state index is 0. The Labute approximate surface area is 125 Å². The molecule has 0 spiro atoms. The van der Waals surface area contributed by atoms with E-state index in [1.165, 1.54) is 12.1 Å². The van der Waals surface area contributed by atoms with Gasteiger partial charge in [0.05, 0.1) is 6.10 Å².